The normalized spacial score (nSPS) is 14.1. The average molecular weight is 1400 g/mol. The van der Waals surface area contributed by atoms with Crippen LogP contribution in [0.15, 0.2) is 36.5 Å². The number of phosphoric ester groups is 2. The van der Waals surface area contributed by atoms with Crippen molar-refractivity contribution in [2.24, 2.45) is 0 Å². The molecule has 0 amide bonds. The molecule has 0 aromatic rings. The number of ether oxygens (including phenoxy) is 4. The van der Waals surface area contributed by atoms with Gasteiger partial charge in [0, 0.05) is 25.7 Å². The van der Waals surface area contributed by atoms with Crippen LogP contribution in [0.3, 0.4) is 0 Å². The van der Waals surface area contributed by atoms with Crippen LogP contribution in [-0.4, -0.2) is 96.7 Å². The predicted molar refractivity (Wildman–Crippen MR) is 391 cm³/mol. The van der Waals surface area contributed by atoms with Gasteiger partial charge in [0.05, 0.1) is 26.4 Å². The van der Waals surface area contributed by atoms with E-state index >= 15 is 0 Å². The van der Waals surface area contributed by atoms with Crippen LogP contribution in [0, 0.1) is 0 Å². The minimum Gasteiger partial charge on any atom is -0.462 e. The predicted octanol–water partition coefficient (Wildman–Crippen LogP) is 22.3. The van der Waals surface area contributed by atoms with Crippen LogP contribution in [0.2, 0.25) is 0 Å². The highest BCUT2D eigenvalue weighted by atomic mass is 31.2. The summed E-state index contributed by atoms with van der Waals surface area (Å²) in [6.45, 7) is 4.90. The number of esters is 4. The van der Waals surface area contributed by atoms with Crippen molar-refractivity contribution in [2.45, 2.75) is 393 Å². The maximum Gasteiger partial charge on any atom is 0.472 e. The molecule has 0 aliphatic heterocycles. The van der Waals surface area contributed by atoms with Crippen LogP contribution in [0.25, 0.3) is 0 Å². The molecule has 0 fully saturated rings. The third kappa shape index (κ3) is 69.7. The first-order valence-corrected chi connectivity index (χ1v) is 42.2. The third-order valence-corrected chi connectivity index (χ3v) is 19.0. The van der Waals surface area contributed by atoms with Gasteiger partial charge in [0.1, 0.15) is 19.3 Å². The van der Waals surface area contributed by atoms with Crippen molar-refractivity contribution < 1.29 is 80.2 Å². The molecule has 19 heteroatoms. The average Bonchev–Trinajstić information content (AvgIpc) is 1.36. The van der Waals surface area contributed by atoms with Gasteiger partial charge in [-0.15, -0.1) is 0 Å². The number of unbranched alkanes of at least 4 members (excludes halogenated alkanes) is 43. The van der Waals surface area contributed by atoms with Gasteiger partial charge < -0.3 is 33.8 Å². The Morgan fingerprint density at radius 2 is 0.479 bits per heavy atom. The van der Waals surface area contributed by atoms with E-state index < -0.39 is 97.5 Å². The Morgan fingerprint density at radius 3 is 0.729 bits per heavy atom. The fourth-order valence-electron chi connectivity index (χ4n) is 11.0. The molecule has 0 bridgehead atoms. The topological polar surface area (TPSA) is 237 Å². The highest BCUT2D eigenvalue weighted by Crippen LogP contribution is 2.45. The summed E-state index contributed by atoms with van der Waals surface area (Å²) in [4.78, 5) is 72.8. The molecular formula is C77H144O17P2. The number of aliphatic hydroxyl groups is 1. The Balaban J connectivity index is 5.31. The summed E-state index contributed by atoms with van der Waals surface area (Å²) >= 11 is 0. The van der Waals surface area contributed by atoms with Crippen molar-refractivity contribution in [3.8, 4) is 0 Å². The highest BCUT2D eigenvalue weighted by Gasteiger charge is 2.30. The molecule has 0 aliphatic carbocycles. The zero-order chi connectivity index (χ0) is 70.4. The van der Waals surface area contributed by atoms with E-state index in [-0.39, 0.29) is 25.7 Å². The number of aliphatic hydroxyl groups excluding tert-OH is 1. The number of hydrogen-bond donors (Lipinski definition) is 3. The molecule has 3 N–H and O–H groups in total. The maximum atomic E-state index is 13.1. The van der Waals surface area contributed by atoms with Gasteiger partial charge in [0.2, 0.25) is 0 Å². The van der Waals surface area contributed by atoms with Gasteiger partial charge in [-0.2, -0.15) is 0 Å². The molecule has 0 rings (SSSR count). The molecule has 0 radical (unpaired) electrons. The first-order chi connectivity index (χ1) is 46.7. The van der Waals surface area contributed by atoms with E-state index in [0.29, 0.717) is 25.7 Å². The standard InChI is InChI=1S/C77H144O17P2/c1-5-9-13-17-21-25-29-33-35-39-42-46-50-54-58-62-75(80)88-68-73(94-77(82)64-60-56-52-48-44-40-36-34-30-26-22-18-14-10-6-2)70-92-96(85,86)90-66-71(78)65-89-95(83,84)91-69-72(93-76(81)63-59-55-51-47-43-38-32-28-24-20-16-12-8-4)67-87-74(79)61-57-53-49-45-41-37-31-27-23-19-15-11-7-3/h25,28-29,32,34,36,71-73,78H,5-24,26-27,30-31,33,35,37-70H2,1-4H3,(H,83,84)(H,85,86)/b29-25-,32-28-,36-34-/t71-,72+,73+/m0/s1. The molecule has 0 saturated carbocycles. The molecule has 564 valence electrons. The van der Waals surface area contributed by atoms with Crippen LogP contribution < -0.4 is 0 Å². The molecule has 5 atom stereocenters. The smallest absolute Gasteiger partial charge is 0.462 e. The van der Waals surface area contributed by atoms with Gasteiger partial charge in [-0.25, -0.2) is 9.13 Å². The minimum atomic E-state index is -4.97. The Morgan fingerprint density at radius 1 is 0.281 bits per heavy atom. The molecule has 0 spiro atoms. The van der Waals surface area contributed by atoms with Crippen molar-refractivity contribution in [3.05, 3.63) is 36.5 Å². The second-order valence-corrected chi connectivity index (χ2v) is 29.6. The molecule has 0 aliphatic rings. The summed E-state index contributed by atoms with van der Waals surface area (Å²) in [5.74, 6) is -2.16. The molecule has 0 saturated heterocycles. The van der Waals surface area contributed by atoms with Gasteiger partial charge in [-0.3, -0.25) is 37.3 Å². The number of carbonyl (C=O) groups is 4. The monoisotopic (exact) mass is 1400 g/mol. The summed E-state index contributed by atoms with van der Waals surface area (Å²) in [5.41, 5.74) is 0. The summed E-state index contributed by atoms with van der Waals surface area (Å²) in [7, 11) is -9.93. The van der Waals surface area contributed by atoms with E-state index in [4.69, 9.17) is 37.0 Å². The fourth-order valence-corrected chi connectivity index (χ4v) is 12.6. The summed E-state index contributed by atoms with van der Waals surface area (Å²) in [5, 5.41) is 10.6. The number of rotatable bonds is 75. The summed E-state index contributed by atoms with van der Waals surface area (Å²) < 4.78 is 68.5. The minimum absolute atomic E-state index is 0.0905. The lowest BCUT2D eigenvalue weighted by Gasteiger charge is -2.21. The van der Waals surface area contributed by atoms with E-state index in [9.17, 15) is 43.2 Å². The summed E-state index contributed by atoms with van der Waals surface area (Å²) in [6.07, 6.45) is 65.5. The van der Waals surface area contributed by atoms with Crippen LogP contribution in [0.4, 0.5) is 0 Å². The lowest BCUT2D eigenvalue weighted by molar-refractivity contribution is -0.161. The zero-order valence-electron chi connectivity index (χ0n) is 61.6. The van der Waals surface area contributed by atoms with Crippen LogP contribution >= 0.6 is 15.6 Å². The first kappa shape index (κ1) is 93.3. The molecule has 17 nitrogen and oxygen atoms in total. The van der Waals surface area contributed by atoms with Gasteiger partial charge in [-0.05, 0) is 103 Å². The quantitative estimate of drug-likeness (QED) is 0.0169. The summed E-state index contributed by atoms with van der Waals surface area (Å²) in [6, 6.07) is 0. The Hall–Kier alpha value is -2.72. The lowest BCUT2D eigenvalue weighted by atomic mass is 10.0. The van der Waals surface area contributed by atoms with Gasteiger partial charge >= 0.3 is 39.5 Å². The van der Waals surface area contributed by atoms with Gasteiger partial charge in [0.25, 0.3) is 0 Å². The lowest BCUT2D eigenvalue weighted by Crippen LogP contribution is -2.30. The van der Waals surface area contributed by atoms with Crippen molar-refractivity contribution in [2.75, 3.05) is 39.6 Å². The maximum absolute atomic E-state index is 13.1. The van der Waals surface area contributed by atoms with E-state index in [2.05, 4.69) is 64.2 Å². The van der Waals surface area contributed by atoms with Crippen molar-refractivity contribution in [1.29, 1.82) is 0 Å². The second kappa shape index (κ2) is 70.7. The van der Waals surface area contributed by atoms with E-state index in [1.54, 1.807) is 0 Å². The fraction of sp³-hybridized carbons (Fsp3) is 0.870. The van der Waals surface area contributed by atoms with Crippen molar-refractivity contribution >= 4 is 39.5 Å². The number of hydrogen-bond acceptors (Lipinski definition) is 15. The Labute approximate surface area is 585 Å². The Bertz CT molecular complexity index is 1970. The van der Waals surface area contributed by atoms with Crippen LogP contribution in [0.1, 0.15) is 374 Å². The molecule has 0 heterocycles. The van der Waals surface area contributed by atoms with E-state index in [0.717, 1.165) is 135 Å². The van der Waals surface area contributed by atoms with Crippen LogP contribution in [-0.2, 0) is 65.4 Å². The van der Waals surface area contributed by atoms with Crippen LogP contribution in [0.5, 0.6) is 0 Å². The molecule has 96 heavy (non-hydrogen) atoms. The molecular weight excluding hydrogens is 1260 g/mol. The SMILES string of the molecule is CCCCCC/C=C\CCCCCCCCCC(=O)OC[C@H](COP(=O)(O)OC[C@@H](O)COP(=O)(O)OC[C@@H](COC(=O)CCCCCCCCCCCCCCC)OC(=O)CCCCCCC/C=C\CCCCCC)OC(=O)CCCCCCC/C=C\CCCCCCCC. The Kier molecular flexibility index (Phi) is 68.7. The zero-order valence-corrected chi connectivity index (χ0v) is 63.4. The van der Waals surface area contributed by atoms with Gasteiger partial charge in [-0.1, -0.05) is 282 Å². The molecule has 0 aromatic carbocycles. The van der Waals surface area contributed by atoms with E-state index in [1.807, 2.05) is 0 Å². The first-order valence-electron chi connectivity index (χ1n) is 39.2. The van der Waals surface area contributed by atoms with E-state index in [1.165, 1.54) is 161 Å². The number of allylic oxidation sites excluding steroid dienone is 6. The van der Waals surface area contributed by atoms with Gasteiger partial charge in [0.15, 0.2) is 12.2 Å². The number of phosphoric acid groups is 2. The third-order valence-electron chi connectivity index (χ3n) is 17.1. The van der Waals surface area contributed by atoms with Crippen molar-refractivity contribution in [3.63, 3.8) is 0 Å². The highest BCUT2D eigenvalue weighted by molar-refractivity contribution is 7.47. The van der Waals surface area contributed by atoms with Crippen molar-refractivity contribution in [1.82, 2.24) is 0 Å². The second-order valence-electron chi connectivity index (χ2n) is 26.7. The number of carbonyl (C=O) groups excluding carboxylic acids is 4. The largest absolute Gasteiger partial charge is 0.472 e. The molecule has 2 unspecified atom stereocenters. The molecule has 0 aromatic heterocycles.